The van der Waals surface area contributed by atoms with E-state index in [0.29, 0.717) is 17.3 Å². The number of aromatic nitrogens is 5. The van der Waals surface area contributed by atoms with Gasteiger partial charge in [-0.2, -0.15) is 14.8 Å². The van der Waals surface area contributed by atoms with Crippen LogP contribution in [-0.2, 0) is 11.0 Å². The topological polar surface area (TPSA) is 88.2 Å². The van der Waals surface area contributed by atoms with Gasteiger partial charge in [-0.3, -0.25) is 0 Å². The van der Waals surface area contributed by atoms with Crippen LogP contribution in [0.25, 0.3) is 16.8 Å². The molecule has 4 aromatic rings. The summed E-state index contributed by atoms with van der Waals surface area (Å²) in [5.74, 6) is 0.473. The van der Waals surface area contributed by atoms with Gasteiger partial charge in [0, 0.05) is 18.1 Å². The third kappa shape index (κ3) is 3.89. The highest BCUT2D eigenvalue weighted by molar-refractivity contribution is 5.81. The van der Waals surface area contributed by atoms with Gasteiger partial charge in [-0.15, -0.1) is 0 Å². The number of hydrogen-bond donors (Lipinski definition) is 2. The predicted octanol–water partition coefficient (Wildman–Crippen LogP) is 4.45. The maximum atomic E-state index is 10.7. The Labute approximate surface area is 175 Å². The summed E-state index contributed by atoms with van der Waals surface area (Å²) in [5, 5.41) is 22.7. The van der Waals surface area contributed by atoms with E-state index in [0.717, 1.165) is 16.8 Å². The molecule has 0 amide bonds. The normalized spacial score (nSPS) is 12.3. The summed E-state index contributed by atoms with van der Waals surface area (Å²) in [6, 6.07) is 13.8. The molecule has 2 N–H and O–H groups in total. The first-order valence-corrected chi connectivity index (χ1v) is 9.91. The van der Waals surface area contributed by atoms with Crippen molar-refractivity contribution in [1.29, 1.82) is 0 Å². The van der Waals surface area contributed by atoms with Gasteiger partial charge >= 0.3 is 0 Å². The Bertz CT molecular complexity index is 1180. The smallest absolute Gasteiger partial charge is 0.227 e. The van der Waals surface area contributed by atoms with Crippen molar-refractivity contribution in [2.24, 2.45) is 0 Å². The highest BCUT2D eigenvalue weighted by Crippen LogP contribution is 2.33. The molecule has 0 spiro atoms. The Morgan fingerprint density at radius 2 is 1.67 bits per heavy atom. The summed E-state index contributed by atoms with van der Waals surface area (Å²) in [6.45, 7) is 9.97. The lowest BCUT2D eigenvalue weighted by atomic mass is 9.87. The van der Waals surface area contributed by atoms with E-state index < -0.39 is 5.60 Å². The van der Waals surface area contributed by atoms with Gasteiger partial charge in [-0.05, 0) is 55.2 Å². The number of nitrogens with zero attached hydrogens (tertiary/aromatic N) is 5. The zero-order valence-corrected chi connectivity index (χ0v) is 17.9. The molecule has 1 aromatic carbocycles. The number of aliphatic hydroxyl groups is 1. The van der Waals surface area contributed by atoms with Gasteiger partial charge in [0.1, 0.15) is 11.3 Å². The van der Waals surface area contributed by atoms with E-state index in [1.165, 1.54) is 10.2 Å². The van der Waals surface area contributed by atoms with Crippen molar-refractivity contribution in [2.45, 2.75) is 45.6 Å². The summed E-state index contributed by atoms with van der Waals surface area (Å²) in [5.41, 5.74) is 3.81. The molecule has 0 saturated carbocycles. The Hall–Kier alpha value is -3.32. The lowest BCUT2D eigenvalue weighted by molar-refractivity contribution is 0.0739. The van der Waals surface area contributed by atoms with Crippen LogP contribution >= 0.6 is 0 Å². The average molecular weight is 403 g/mol. The molecular weight excluding hydrogens is 376 g/mol. The Kier molecular flexibility index (Phi) is 4.78. The monoisotopic (exact) mass is 402 g/mol. The molecule has 0 bridgehead atoms. The fourth-order valence-electron chi connectivity index (χ4n) is 3.32. The zero-order valence-electron chi connectivity index (χ0n) is 17.9. The molecule has 30 heavy (non-hydrogen) atoms. The molecule has 0 aliphatic rings. The number of rotatable bonds is 4. The third-order valence-corrected chi connectivity index (χ3v) is 4.92. The van der Waals surface area contributed by atoms with Gasteiger partial charge in [-0.1, -0.05) is 32.9 Å². The first-order chi connectivity index (χ1) is 14.1. The van der Waals surface area contributed by atoms with Gasteiger partial charge in [-0.25, -0.2) is 9.97 Å². The van der Waals surface area contributed by atoms with Crippen molar-refractivity contribution in [1.82, 2.24) is 24.8 Å². The molecule has 0 atom stereocenters. The average Bonchev–Trinajstić information content (AvgIpc) is 3.08. The summed E-state index contributed by atoms with van der Waals surface area (Å²) in [6.07, 6.45) is 3.36. The van der Waals surface area contributed by atoms with E-state index in [2.05, 4.69) is 53.4 Å². The summed E-state index contributed by atoms with van der Waals surface area (Å²) in [7, 11) is 0. The van der Waals surface area contributed by atoms with Crippen LogP contribution < -0.4 is 5.32 Å². The fraction of sp³-hybridized carbons (Fsp3) is 0.304. The largest absolute Gasteiger partial charge is 0.384 e. The van der Waals surface area contributed by atoms with E-state index in [1.807, 2.05) is 30.3 Å². The van der Waals surface area contributed by atoms with Crippen LogP contribution in [0.15, 0.2) is 54.9 Å². The van der Waals surface area contributed by atoms with Crippen molar-refractivity contribution in [2.75, 3.05) is 5.32 Å². The van der Waals surface area contributed by atoms with Crippen LogP contribution in [-0.4, -0.2) is 29.9 Å². The third-order valence-electron chi connectivity index (χ3n) is 4.92. The minimum absolute atomic E-state index is 0.0972. The minimum atomic E-state index is -1.15. The first-order valence-electron chi connectivity index (χ1n) is 9.91. The quantitative estimate of drug-likeness (QED) is 0.524. The first kappa shape index (κ1) is 20.0. The van der Waals surface area contributed by atoms with Crippen molar-refractivity contribution in [3.05, 3.63) is 66.1 Å². The van der Waals surface area contributed by atoms with E-state index in [-0.39, 0.29) is 5.41 Å². The molecule has 4 rings (SSSR count). The molecule has 3 heterocycles. The maximum Gasteiger partial charge on any atom is 0.227 e. The molecule has 0 fully saturated rings. The molecule has 0 saturated heterocycles. The van der Waals surface area contributed by atoms with E-state index in [9.17, 15) is 5.11 Å². The second-order valence-corrected chi connectivity index (χ2v) is 8.90. The van der Waals surface area contributed by atoms with Gasteiger partial charge in [0.2, 0.25) is 5.95 Å². The number of fused-ring (bicyclic) bond motifs is 1. The number of anilines is 2. The minimum Gasteiger partial charge on any atom is -0.384 e. The van der Waals surface area contributed by atoms with Crippen LogP contribution in [0.1, 0.15) is 45.9 Å². The Morgan fingerprint density at radius 3 is 2.33 bits per heavy atom. The second-order valence-electron chi connectivity index (χ2n) is 8.90. The molecule has 3 aromatic heterocycles. The summed E-state index contributed by atoms with van der Waals surface area (Å²) < 4.78 is 1.52. The fourth-order valence-corrected chi connectivity index (χ4v) is 3.32. The molecular formula is C23H26N6O. The highest BCUT2D eigenvalue weighted by atomic mass is 16.3. The van der Waals surface area contributed by atoms with E-state index in [4.69, 9.17) is 4.98 Å². The molecule has 0 aliphatic carbocycles. The SMILES string of the molecule is CC(C)(C)c1ccc(Nc2nccc(-c3c(C(C)(C)O)nn4ncccc34)n2)cc1. The van der Waals surface area contributed by atoms with E-state index >= 15 is 0 Å². The van der Waals surface area contributed by atoms with Gasteiger partial charge in [0.25, 0.3) is 0 Å². The molecule has 7 nitrogen and oxygen atoms in total. The molecule has 0 radical (unpaired) electrons. The lowest BCUT2D eigenvalue weighted by Crippen LogP contribution is -2.17. The van der Waals surface area contributed by atoms with Crippen LogP contribution in [0.3, 0.4) is 0 Å². The van der Waals surface area contributed by atoms with Gasteiger partial charge in [0.15, 0.2) is 0 Å². The molecule has 0 unspecified atom stereocenters. The Morgan fingerprint density at radius 1 is 0.933 bits per heavy atom. The van der Waals surface area contributed by atoms with Crippen LogP contribution in [0, 0.1) is 0 Å². The number of hydrogen-bond acceptors (Lipinski definition) is 6. The van der Waals surface area contributed by atoms with Crippen LogP contribution in [0.5, 0.6) is 0 Å². The molecule has 0 aliphatic heterocycles. The number of benzene rings is 1. The zero-order chi connectivity index (χ0) is 21.5. The van der Waals surface area contributed by atoms with Crippen LogP contribution in [0.4, 0.5) is 11.6 Å². The van der Waals surface area contributed by atoms with Crippen molar-refractivity contribution >= 4 is 17.2 Å². The Balaban J connectivity index is 1.73. The van der Waals surface area contributed by atoms with E-state index in [1.54, 1.807) is 26.2 Å². The van der Waals surface area contributed by atoms with Crippen molar-refractivity contribution in [3.63, 3.8) is 0 Å². The second kappa shape index (κ2) is 7.18. The van der Waals surface area contributed by atoms with Gasteiger partial charge < -0.3 is 10.4 Å². The summed E-state index contributed by atoms with van der Waals surface area (Å²) in [4.78, 5) is 9.05. The van der Waals surface area contributed by atoms with Crippen LogP contribution in [0.2, 0.25) is 0 Å². The highest BCUT2D eigenvalue weighted by Gasteiger charge is 2.28. The summed E-state index contributed by atoms with van der Waals surface area (Å²) >= 11 is 0. The van der Waals surface area contributed by atoms with Gasteiger partial charge in [0.05, 0.1) is 16.8 Å². The molecule has 7 heteroatoms. The maximum absolute atomic E-state index is 10.7. The molecule has 154 valence electrons. The lowest BCUT2D eigenvalue weighted by Gasteiger charge is -2.19. The number of nitrogens with one attached hydrogen (secondary N) is 1. The van der Waals surface area contributed by atoms with Crippen molar-refractivity contribution in [3.8, 4) is 11.3 Å². The standard InChI is InChI=1S/C23H26N6O/c1-22(2,3)15-8-10-16(11-9-15)26-21-24-14-12-17(27-21)19-18-7-6-13-25-29(18)28-20(19)23(4,5)30/h6-14,30H,1-5H3,(H,24,26,27). The van der Waals surface area contributed by atoms with Crippen molar-refractivity contribution < 1.29 is 5.11 Å². The predicted molar refractivity (Wildman–Crippen MR) is 118 cm³/mol.